The Morgan fingerprint density at radius 3 is 2.20 bits per heavy atom. The molecule has 1 saturated heterocycles. The Morgan fingerprint density at radius 2 is 1.60 bits per heavy atom. The molecule has 2 nitrogen and oxygen atoms in total. The second-order valence-electron chi connectivity index (χ2n) is 7.11. The van der Waals surface area contributed by atoms with Gasteiger partial charge in [0, 0.05) is 18.1 Å². The first-order valence-corrected chi connectivity index (χ1v) is 9.29. The highest BCUT2D eigenvalue weighted by Crippen LogP contribution is 2.35. The van der Waals surface area contributed by atoms with Gasteiger partial charge in [-0.2, -0.15) is 0 Å². The minimum atomic E-state index is 0.500. The van der Waals surface area contributed by atoms with Gasteiger partial charge < -0.3 is 5.32 Å². The normalized spacial score (nSPS) is 25.5. The van der Waals surface area contributed by atoms with Crippen LogP contribution < -0.4 is 5.32 Å². The van der Waals surface area contributed by atoms with Gasteiger partial charge in [-0.1, -0.05) is 46.0 Å². The molecule has 0 aromatic rings. The molecule has 0 radical (unpaired) electrons. The van der Waals surface area contributed by atoms with Gasteiger partial charge in [0.05, 0.1) is 0 Å². The monoisotopic (exact) mass is 280 g/mol. The lowest BCUT2D eigenvalue weighted by atomic mass is 9.79. The van der Waals surface area contributed by atoms with Crippen LogP contribution >= 0.6 is 0 Å². The molecule has 2 aliphatic rings. The number of rotatable bonds is 7. The Labute approximate surface area is 126 Å². The number of nitrogens with one attached hydrogen (secondary N) is 1. The molecule has 118 valence electrons. The number of likely N-dealkylation sites (tertiary alicyclic amines) is 1. The van der Waals surface area contributed by atoms with Crippen molar-refractivity contribution in [2.24, 2.45) is 0 Å². The molecule has 1 unspecified atom stereocenters. The second-order valence-corrected chi connectivity index (χ2v) is 7.11. The Hall–Kier alpha value is -0.0800. The van der Waals surface area contributed by atoms with Gasteiger partial charge in [0.25, 0.3) is 0 Å². The molecule has 1 saturated carbocycles. The van der Waals surface area contributed by atoms with Crippen molar-refractivity contribution >= 4 is 0 Å². The summed E-state index contributed by atoms with van der Waals surface area (Å²) in [6.45, 7) is 8.59. The van der Waals surface area contributed by atoms with Crippen LogP contribution in [0.3, 0.4) is 0 Å². The number of piperidine rings is 1. The lowest BCUT2D eigenvalue weighted by Crippen LogP contribution is -2.58. The summed E-state index contributed by atoms with van der Waals surface area (Å²) in [5.74, 6) is 0. The number of hydrogen-bond donors (Lipinski definition) is 1. The summed E-state index contributed by atoms with van der Waals surface area (Å²) in [6.07, 6.45) is 15.5. The first-order chi connectivity index (χ1) is 9.80. The van der Waals surface area contributed by atoms with Crippen LogP contribution in [0.4, 0.5) is 0 Å². The van der Waals surface area contributed by atoms with E-state index in [0.29, 0.717) is 5.54 Å². The minimum absolute atomic E-state index is 0.500. The minimum Gasteiger partial charge on any atom is -0.312 e. The largest absolute Gasteiger partial charge is 0.312 e. The smallest absolute Gasteiger partial charge is 0.0334 e. The number of nitrogens with zero attached hydrogens (tertiary/aromatic N) is 1. The van der Waals surface area contributed by atoms with Crippen LogP contribution in [0.1, 0.15) is 84.5 Å². The van der Waals surface area contributed by atoms with Gasteiger partial charge in [-0.25, -0.2) is 0 Å². The van der Waals surface area contributed by atoms with Gasteiger partial charge in [0.2, 0.25) is 0 Å². The summed E-state index contributed by atoms with van der Waals surface area (Å²) >= 11 is 0. The molecule has 0 aromatic carbocycles. The highest BCUT2D eigenvalue weighted by molar-refractivity contribution is 4.96. The van der Waals surface area contributed by atoms with Gasteiger partial charge in [-0.15, -0.1) is 0 Å². The molecule has 2 fully saturated rings. The van der Waals surface area contributed by atoms with E-state index in [0.717, 1.165) is 6.04 Å². The van der Waals surface area contributed by atoms with Crippen molar-refractivity contribution in [1.29, 1.82) is 0 Å². The van der Waals surface area contributed by atoms with Crippen molar-refractivity contribution in [2.45, 2.75) is 96.1 Å². The molecule has 0 spiro atoms. The van der Waals surface area contributed by atoms with E-state index >= 15 is 0 Å². The predicted molar refractivity (Wildman–Crippen MR) is 88.2 cm³/mol. The molecule has 1 heterocycles. The fraction of sp³-hybridized carbons (Fsp3) is 1.00. The molecular weight excluding hydrogens is 244 g/mol. The van der Waals surface area contributed by atoms with Crippen LogP contribution in [-0.2, 0) is 0 Å². The van der Waals surface area contributed by atoms with Crippen molar-refractivity contribution in [3.8, 4) is 0 Å². The summed E-state index contributed by atoms with van der Waals surface area (Å²) in [5.41, 5.74) is 0.500. The average molecular weight is 280 g/mol. The fourth-order valence-corrected chi connectivity index (χ4v) is 4.32. The molecule has 0 bridgehead atoms. The zero-order chi connectivity index (χ0) is 14.3. The van der Waals surface area contributed by atoms with Crippen molar-refractivity contribution in [2.75, 3.05) is 19.6 Å². The topological polar surface area (TPSA) is 15.3 Å². The maximum absolute atomic E-state index is 3.94. The van der Waals surface area contributed by atoms with Gasteiger partial charge in [0.15, 0.2) is 0 Å². The van der Waals surface area contributed by atoms with Crippen LogP contribution in [0.5, 0.6) is 0 Å². The van der Waals surface area contributed by atoms with E-state index < -0.39 is 0 Å². The molecule has 0 amide bonds. The summed E-state index contributed by atoms with van der Waals surface area (Å²) in [5, 5.41) is 3.94. The summed E-state index contributed by atoms with van der Waals surface area (Å²) in [7, 11) is 0. The van der Waals surface area contributed by atoms with E-state index in [1.54, 1.807) is 0 Å². The maximum Gasteiger partial charge on any atom is 0.0334 e. The van der Waals surface area contributed by atoms with Crippen molar-refractivity contribution in [3.05, 3.63) is 0 Å². The van der Waals surface area contributed by atoms with E-state index in [1.807, 2.05) is 0 Å². The lowest BCUT2D eigenvalue weighted by molar-refractivity contribution is 0.0310. The van der Waals surface area contributed by atoms with E-state index in [4.69, 9.17) is 0 Å². The third-order valence-electron chi connectivity index (χ3n) is 5.66. The van der Waals surface area contributed by atoms with Crippen LogP contribution in [0.25, 0.3) is 0 Å². The zero-order valence-corrected chi connectivity index (χ0v) is 13.9. The Balaban J connectivity index is 1.95. The molecule has 2 heteroatoms. The lowest BCUT2D eigenvalue weighted by Gasteiger charge is -2.49. The first-order valence-electron chi connectivity index (χ1n) is 9.29. The van der Waals surface area contributed by atoms with Crippen LogP contribution in [-0.4, -0.2) is 36.1 Å². The molecule has 20 heavy (non-hydrogen) atoms. The van der Waals surface area contributed by atoms with Gasteiger partial charge in [-0.05, 0) is 51.6 Å². The fourth-order valence-electron chi connectivity index (χ4n) is 4.32. The SMILES string of the molecule is CCCC(CC)NCC1(N2CCCCC2)CCCCC1. The standard InChI is InChI=1S/C18H36N2/c1-3-11-17(4-2)19-16-18(12-7-5-8-13-18)20-14-9-6-10-15-20/h17,19H,3-16H2,1-2H3. The quantitative estimate of drug-likeness (QED) is 0.746. The Morgan fingerprint density at radius 1 is 0.950 bits per heavy atom. The Kier molecular flexibility index (Phi) is 6.83. The number of hydrogen-bond acceptors (Lipinski definition) is 2. The average Bonchev–Trinajstić information content (AvgIpc) is 2.53. The van der Waals surface area contributed by atoms with Crippen molar-refractivity contribution in [3.63, 3.8) is 0 Å². The molecule has 1 aliphatic heterocycles. The molecule has 1 aliphatic carbocycles. The van der Waals surface area contributed by atoms with Crippen LogP contribution in [0.15, 0.2) is 0 Å². The summed E-state index contributed by atoms with van der Waals surface area (Å²) < 4.78 is 0. The van der Waals surface area contributed by atoms with Crippen LogP contribution in [0, 0.1) is 0 Å². The summed E-state index contributed by atoms with van der Waals surface area (Å²) in [6, 6.07) is 0.739. The van der Waals surface area contributed by atoms with Crippen molar-refractivity contribution in [1.82, 2.24) is 10.2 Å². The first kappa shape index (κ1) is 16.3. The third kappa shape index (κ3) is 4.21. The molecule has 1 atom stereocenters. The maximum atomic E-state index is 3.94. The molecule has 0 aromatic heterocycles. The predicted octanol–water partition coefficient (Wildman–Crippen LogP) is 4.34. The van der Waals surface area contributed by atoms with Crippen molar-refractivity contribution < 1.29 is 0 Å². The van der Waals surface area contributed by atoms with E-state index in [-0.39, 0.29) is 0 Å². The third-order valence-corrected chi connectivity index (χ3v) is 5.66. The molecule has 2 rings (SSSR count). The zero-order valence-electron chi connectivity index (χ0n) is 13.9. The highest BCUT2D eigenvalue weighted by atomic mass is 15.2. The second kappa shape index (κ2) is 8.38. The highest BCUT2D eigenvalue weighted by Gasteiger charge is 2.38. The molecular formula is C18H36N2. The van der Waals surface area contributed by atoms with Crippen LogP contribution in [0.2, 0.25) is 0 Å². The van der Waals surface area contributed by atoms with E-state index in [9.17, 15) is 0 Å². The van der Waals surface area contributed by atoms with E-state index in [2.05, 4.69) is 24.1 Å². The Bertz CT molecular complexity index is 252. The van der Waals surface area contributed by atoms with Gasteiger partial charge >= 0.3 is 0 Å². The van der Waals surface area contributed by atoms with E-state index in [1.165, 1.54) is 90.3 Å². The van der Waals surface area contributed by atoms with Gasteiger partial charge in [0.1, 0.15) is 0 Å². The summed E-state index contributed by atoms with van der Waals surface area (Å²) in [4.78, 5) is 2.86. The molecule has 1 N–H and O–H groups in total. The van der Waals surface area contributed by atoms with Gasteiger partial charge in [-0.3, -0.25) is 4.90 Å².